The van der Waals surface area contributed by atoms with Gasteiger partial charge in [0, 0.05) is 26.3 Å². The van der Waals surface area contributed by atoms with Gasteiger partial charge < -0.3 is 110 Å². The van der Waals surface area contributed by atoms with Gasteiger partial charge in [0.1, 0.15) is 103 Å². The summed E-state index contributed by atoms with van der Waals surface area (Å²) < 4.78 is 85.5. The zero-order chi connectivity index (χ0) is 57.4. The number of benzene rings is 1. The summed E-state index contributed by atoms with van der Waals surface area (Å²) in [7, 11) is -5.41. The Hall–Kier alpha value is -4.13. The quantitative estimate of drug-likeness (QED) is 0.0170. The number of aliphatic hydroxyl groups excluding tert-OH is 9. The van der Waals surface area contributed by atoms with Crippen LogP contribution in [0, 0.1) is 0 Å². The number of hydrogen-bond donors (Lipinski definition) is 13. The maximum Gasteiger partial charge on any atom is 0.251 e. The number of carbonyl (C=O) groups is 4. The molecule has 1 aromatic carbocycles. The number of nitrogens with one attached hydrogen (secondary N) is 4. The van der Waals surface area contributed by atoms with E-state index >= 15 is 0 Å². The Morgan fingerprint density at radius 1 is 0.577 bits per heavy atom. The SMILES string of the molecule is CCCCCC/C=C\CCCOc1ccc(C(=O)NC2[C@H](O[C@@H]3C(CO)O[C@@H](O[C@@H]4C(CO)O[C@@H](O[C@@H]5C(COS(=O)(=O)[O-])O[C@@H](O)C(NC(C)=O)C5O)C(NC(C)=O)[C@H]4O)C(NC(C)=O)C3O)OC(CO)[C@@H](O)[C@@H]2O)cc1. The molecule has 30 heteroatoms. The van der Waals surface area contributed by atoms with E-state index in [0.717, 1.165) is 46.5 Å². The van der Waals surface area contributed by atoms with Crippen LogP contribution < -0.4 is 26.0 Å². The standard InChI is InChI=1S/C48H76N4O25S/c1-5-6-7-8-9-10-11-12-13-18-69-27-16-14-26(15-17-27)44(64)52-33-37(60)36(59)28(19-53)72-46(33)75-41-29(20-54)73-47(34(39(41)62)50-24(3)57)76-42-30(21-55)74-48(35(40(42)63)51-25(4)58)77-43-31(22-70-78(66,67)68)71-45(65)32(38(43)61)49-23(2)56/h10-11,14-17,28-43,45-48,53-55,59-63,65H,5-9,12-13,18-22H2,1-4H3,(H,49,56)(H,50,57)(H,51,58)(H,52,64)(H,66,67,68)/p-1/b11-10-/t28?,29?,30?,31?,32?,33?,34?,35?,36-,37-,38?,39?,40-,41-,42-,43-,45-,46+,47+,48+/m1/s1. The molecule has 4 aliphatic rings. The van der Waals surface area contributed by atoms with Crippen molar-refractivity contribution in [2.75, 3.05) is 33.0 Å². The Morgan fingerprint density at radius 2 is 1.03 bits per heavy atom. The number of unbranched alkanes of at least 4 members (excludes halogenated alkanes) is 5. The molecule has 444 valence electrons. The molecule has 4 saturated heterocycles. The lowest BCUT2D eigenvalue weighted by Gasteiger charge is -2.51. The van der Waals surface area contributed by atoms with Crippen LogP contribution in [0.5, 0.6) is 5.75 Å². The normalized spacial score (nSPS) is 35.4. The van der Waals surface area contributed by atoms with Crippen molar-refractivity contribution in [3.05, 3.63) is 42.0 Å². The van der Waals surface area contributed by atoms with Crippen molar-refractivity contribution >= 4 is 34.0 Å². The fourth-order valence-electron chi connectivity index (χ4n) is 9.33. The van der Waals surface area contributed by atoms with Gasteiger partial charge in [-0.1, -0.05) is 38.3 Å². The van der Waals surface area contributed by atoms with E-state index in [1.54, 1.807) is 12.1 Å². The zero-order valence-corrected chi connectivity index (χ0v) is 44.3. The van der Waals surface area contributed by atoms with Crippen molar-refractivity contribution < 1.29 is 120 Å². The average Bonchev–Trinajstić information content (AvgIpc) is 3.43. The zero-order valence-electron chi connectivity index (χ0n) is 43.5. The first-order valence-corrected chi connectivity index (χ1v) is 26.9. The molecule has 20 atom stereocenters. The van der Waals surface area contributed by atoms with Crippen LogP contribution in [0.1, 0.15) is 83.0 Å². The summed E-state index contributed by atoms with van der Waals surface area (Å²) in [4.78, 5) is 50.9. The predicted octanol–water partition coefficient (Wildman–Crippen LogP) is -4.71. The summed E-state index contributed by atoms with van der Waals surface area (Å²) in [6.07, 6.45) is -18.0. The lowest BCUT2D eigenvalue weighted by Crippen LogP contribution is -2.71. The third kappa shape index (κ3) is 17.9. The molecule has 0 radical (unpaired) electrons. The van der Waals surface area contributed by atoms with E-state index in [4.69, 9.17) is 37.9 Å². The Labute approximate surface area is 450 Å². The van der Waals surface area contributed by atoms with E-state index < -0.39 is 183 Å². The highest BCUT2D eigenvalue weighted by molar-refractivity contribution is 7.80. The molecular formula is C48H75N4O25S-. The highest BCUT2D eigenvalue weighted by atomic mass is 32.3. The van der Waals surface area contributed by atoms with Crippen molar-refractivity contribution in [3.63, 3.8) is 0 Å². The molecule has 78 heavy (non-hydrogen) atoms. The maximum absolute atomic E-state index is 13.7. The minimum Gasteiger partial charge on any atom is -0.726 e. The van der Waals surface area contributed by atoms with Crippen molar-refractivity contribution in [1.82, 2.24) is 21.3 Å². The fourth-order valence-corrected chi connectivity index (χ4v) is 9.63. The van der Waals surface area contributed by atoms with Crippen LogP contribution in [-0.4, -0.2) is 238 Å². The molecule has 4 amide bonds. The molecule has 0 saturated carbocycles. The van der Waals surface area contributed by atoms with Gasteiger partial charge in [-0.25, -0.2) is 8.42 Å². The highest BCUT2D eigenvalue weighted by Gasteiger charge is 2.56. The monoisotopic (exact) mass is 1140 g/mol. The molecule has 5 rings (SSSR count). The lowest BCUT2D eigenvalue weighted by molar-refractivity contribution is -0.361. The second-order valence-electron chi connectivity index (χ2n) is 19.2. The van der Waals surface area contributed by atoms with Crippen LogP contribution in [0.4, 0.5) is 0 Å². The van der Waals surface area contributed by atoms with Crippen LogP contribution in [0.15, 0.2) is 36.4 Å². The fraction of sp³-hybridized carbons (Fsp3) is 0.750. The second kappa shape index (κ2) is 30.6. The van der Waals surface area contributed by atoms with Crippen molar-refractivity contribution in [2.45, 2.75) is 195 Å². The van der Waals surface area contributed by atoms with Crippen molar-refractivity contribution in [3.8, 4) is 5.75 Å². The van der Waals surface area contributed by atoms with Crippen LogP contribution in [0.25, 0.3) is 0 Å². The Bertz CT molecular complexity index is 2200. The second-order valence-corrected chi connectivity index (χ2v) is 20.3. The summed E-state index contributed by atoms with van der Waals surface area (Å²) in [5.41, 5.74) is 0.0787. The summed E-state index contributed by atoms with van der Waals surface area (Å²) in [6.45, 7) is 1.58. The molecular weight excluding hydrogens is 1060 g/mol. The molecule has 13 N–H and O–H groups in total. The van der Waals surface area contributed by atoms with Crippen LogP contribution >= 0.6 is 0 Å². The highest BCUT2D eigenvalue weighted by Crippen LogP contribution is 2.35. The van der Waals surface area contributed by atoms with E-state index in [-0.39, 0.29) is 5.56 Å². The van der Waals surface area contributed by atoms with Gasteiger partial charge >= 0.3 is 0 Å². The number of allylic oxidation sites excluding steroid dienone is 2. The molecule has 1 aromatic rings. The van der Waals surface area contributed by atoms with Crippen LogP contribution in [0.3, 0.4) is 0 Å². The average molecular weight is 1140 g/mol. The third-order valence-corrected chi connectivity index (χ3v) is 13.7. The minimum absolute atomic E-state index is 0.0787. The maximum atomic E-state index is 13.7. The Kier molecular flexibility index (Phi) is 25.4. The van der Waals surface area contributed by atoms with Gasteiger partial charge in [0.2, 0.25) is 28.1 Å². The molecule has 4 fully saturated rings. The Morgan fingerprint density at radius 3 is 1.50 bits per heavy atom. The first kappa shape index (κ1) is 64.7. The minimum atomic E-state index is -5.41. The smallest absolute Gasteiger partial charge is 0.251 e. The summed E-state index contributed by atoms with van der Waals surface area (Å²) in [5.74, 6) is -2.74. The van der Waals surface area contributed by atoms with Crippen molar-refractivity contribution in [2.24, 2.45) is 0 Å². The van der Waals surface area contributed by atoms with Gasteiger partial charge in [-0.05, 0) is 49.9 Å². The molecule has 0 spiro atoms. The van der Waals surface area contributed by atoms with E-state index in [0.29, 0.717) is 12.4 Å². The topological polar surface area (TPSA) is 439 Å². The first-order chi connectivity index (χ1) is 37.0. The number of hydrogen-bond acceptors (Lipinski definition) is 25. The van der Waals surface area contributed by atoms with E-state index in [2.05, 4.69) is 44.5 Å². The molecule has 0 bridgehead atoms. The molecule has 10 unspecified atom stereocenters. The van der Waals surface area contributed by atoms with Crippen LogP contribution in [-0.2, 0) is 62.1 Å². The van der Waals surface area contributed by atoms with Gasteiger partial charge in [-0.3, -0.25) is 23.4 Å². The summed E-state index contributed by atoms with van der Waals surface area (Å²) >= 11 is 0. The first-order valence-electron chi connectivity index (χ1n) is 25.6. The molecule has 29 nitrogen and oxygen atoms in total. The largest absolute Gasteiger partial charge is 0.726 e. The van der Waals surface area contributed by atoms with E-state index in [1.807, 2.05) is 0 Å². The van der Waals surface area contributed by atoms with Gasteiger partial charge in [0.25, 0.3) is 5.91 Å². The molecule has 0 aromatic heterocycles. The van der Waals surface area contributed by atoms with E-state index in [1.165, 1.54) is 31.4 Å². The molecule has 0 aliphatic carbocycles. The summed E-state index contributed by atoms with van der Waals surface area (Å²) in [5, 5.41) is 109. The molecule has 4 heterocycles. The van der Waals surface area contributed by atoms with Gasteiger partial charge in [0.15, 0.2) is 25.2 Å². The Balaban J connectivity index is 1.33. The lowest BCUT2D eigenvalue weighted by atomic mass is 9.93. The van der Waals surface area contributed by atoms with Gasteiger partial charge in [-0.2, -0.15) is 0 Å². The number of amides is 4. The van der Waals surface area contributed by atoms with Crippen molar-refractivity contribution in [1.29, 1.82) is 0 Å². The third-order valence-electron chi connectivity index (χ3n) is 13.2. The number of aliphatic hydroxyl groups is 9. The van der Waals surface area contributed by atoms with Gasteiger partial charge in [0.05, 0.1) is 33.0 Å². The number of carbonyl (C=O) groups excluding carboxylic acids is 4. The van der Waals surface area contributed by atoms with E-state index in [9.17, 15) is 78.1 Å². The van der Waals surface area contributed by atoms with Gasteiger partial charge in [-0.15, -0.1) is 0 Å². The summed E-state index contributed by atoms with van der Waals surface area (Å²) in [6, 6.07) is -0.782. The predicted molar refractivity (Wildman–Crippen MR) is 262 cm³/mol. The number of ether oxygens (including phenoxy) is 8. The number of rotatable bonds is 27. The van der Waals surface area contributed by atoms with Crippen LogP contribution in [0.2, 0.25) is 0 Å². The molecule has 4 aliphatic heterocycles.